The van der Waals surface area contributed by atoms with Gasteiger partial charge < -0.3 is 11.1 Å². The lowest BCUT2D eigenvalue weighted by Crippen LogP contribution is -2.07. The highest BCUT2D eigenvalue weighted by molar-refractivity contribution is 5.44. The third kappa shape index (κ3) is 1.98. The van der Waals surface area contributed by atoms with Gasteiger partial charge in [-0.05, 0) is 36.7 Å². The van der Waals surface area contributed by atoms with Crippen molar-refractivity contribution in [2.45, 2.75) is 19.9 Å². The molecule has 0 aliphatic heterocycles. The van der Waals surface area contributed by atoms with Crippen molar-refractivity contribution in [3.05, 3.63) is 29.3 Å². The molecule has 0 amide bonds. The molecule has 2 heteroatoms. The highest BCUT2D eigenvalue weighted by atomic mass is 14.8. The van der Waals surface area contributed by atoms with Crippen molar-refractivity contribution in [1.29, 1.82) is 0 Å². The van der Waals surface area contributed by atoms with Crippen LogP contribution in [0.25, 0.3) is 0 Å². The van der Waals surface area contributed by atoms with Gasteiger partial charge in [-0.15, -0.1) is 0 Å². The van der Waals surface area contributed by atoms with Gasteiger partial charge >= 0.3 is 0 Å². The van der Waals surface area contributed by atoms with E-state index in [0.717, 1.165) is 18.7 Å². The van der Waals surface area contributed by atoms with Crippen LogP contribution in [0, 0.1) is 0 Å². The standard InChI is InChI=1S/C10H16N2/c1-3-8-6-10(11)5-4-9(8)7-12-2/h4-6,12H,3,7,11H2,1-2H3. The number of anilines is 1. The van der Waals surface area contributed by atoms with Gasteiger partial charge in [0.2, 0.25) is 0 Å². The second-order valence-electron chi connectivity index (χ2n) is 2.91. The molecule has 0 saturated carbocycles. The van der Waals surface area contributed by atoms with Crippen LogP contribution in [-0.4, -0.2) is 7.05 Å². The first-order valence-electron chi connectivity index (χ1n) is 4.29. The maximum atomic E-state index is 5.68. The molecule has 0 fully saturated rings. The van der Waals surface area contributed by atoms with E-state index in [0.29, 0.717) is 0 Å². The number of nitrogens with two attached hydrogens (primary N) is 1. The first-order chi connectivity index (χ1) is 5.77. The number of nitrogens with one attached hydrogen (secondary N) is 1. The van der Waals surface area contributed by atoms with Crippen LogP contribution in [0.1, 0.15) is 18.1 Å². The first-order valence-corrected chi connectivity index (χ1v) is 4.29. The largest absolute Gasteiger partial charge is 0.399 e. The summed E-state index contributed by atoms with van der Waals surface area (Å²) in [6, 6.07) is 6.09. The SMILES string of the molecule is CCc1cc(N)ccc1CNC. The van der Waals surface area contributed by atoms with Gasteiger partial charge in [0.1, 0.15) is 0 Å². The predicted molar refractivity (Wildman–Crippen MR) is 53.0 cm³/mol. The zero-order valence-electron chi connectivity index (χ0n) is 7.72. The fourth-order valence-electron chi connectivity index (χ4n) is 1.34. The van der Waals surface area contributed by atoms with Crippen molar-refractivity contribution in [2.24, 2.45) is 0 Å². The molecule has 2 nitrogen and oxygen atoms in total. The number of aryl methyl sites for hydroxylation is 1. The molecular weight excluding hydrogens is 148 g/mol. The Balaban J connectivity index is 2.94. The Bertz CT molecular complexity index is 256. The molecule has 66 valence electrons. The van der Waals surface area contributed by atoms with Gasteiger partial charge in [0.15, 0.2) is 0 Å². The molecule has 1 aromatic carbocycles. The Kier molecular flexibility index (Phi) is 3.11. The zero-order chi connectivity index (χ0) is 8.97. The Hall–Kier alpha value is -1.02. The molecule has 0 heterocycles. The number of benzene rings is 1. The lowest BCUT2D eigenvalue weighted by molar-refractivity contribution is 0.806. The van der Waals surface area contributed by atoms with Gasteiger partial charge in [0.25, 0.3) is 0 Å². The summed E-state index contributed by atoms with van der Waals surface area (Å²) in [5.74, 6) is 0. The smallest absolute Gasteiger partial charge is 0.0316 e. The molecule has 1 rings (SSSR count). The monoisotopic (exact) mass is 164 g/mol. The molecule has 0 spiro atoms. The molecular formula is C10H16N2. The van der Waals surface area contributed by atoms with Gasteiger partial charge in [0, 0.05) is 12.2 Å². The van der Waals surface area contributed by atoms with E-state index < -0.39 is 0 Å². The van der Waals surface area contributed by atoms with Crippen molar-refractivity contribution in [3.63, 3.8) is 0 Å². The third-order valence-corrected chi connectivity index (χ3v) is 1.98. The van der Waals surface area contributed by atoms with E-state index in [1.807, 2.05) is 19.2 Å². The molecule has 3 N–H and O–H groups in total. The molecule has 0 atom stereocenters. The molecule has 0 aromatic heterocycles. The summed E-state index contributed by atoms with van der Waals surface area (Å²) in [5, 5.41) is 3.14. The lowest BCUT2D eigenvalue weighted by atomic mass is 10.0. The molecule has 0 radical (unpaired) electrons. The molecule has 0 aliphatic rings. The average molecular weight is 164 g/mol. The fraction of sp³-hybridized carbons (Fsp3) is 0.400. The molecule has 0 bridgehead atoms. The van der Waals surface area contributed by atoms with Gasteiger partial charge in [-0.1, -0.05) is 13.0 Å². The predicted octanol–water partition coefficient (Wildman–Crippen LogP) is 1.55. The number of hydrogen-bond acceptors (Lipinski definition) is 2. The van der Waals surface area contributed by atoms with Crippen LogP contribution in [0.4, 0.5) is 5.69 Å². The summed E-state index contributed by atoms with van der Waals surface area (Å²) in [5.41, 5.74) is 9.21. The second kappa shape index (κ2) is 4.12. The van der Waals surface area contributed by atoms with Crippen molar-refractivity contribution in [2.75, 3.05) is 12.8 Å². The Labute approximate surface area is 73.8 Å². The fourth-order valence-corrected chi connectivity index (χ4v) is 1.34. The van der Waals surface area contributed by atoms with E-state index in [1.54, 1.807) is 0 Å². The maximum absolute atomic E-state index is 5.68. The van der Waals surface area contributed by atoms with Crippen molar-refractivity contribution >= 4 is 5.69 Å². The number of nitrogen functional groups attached to an aromatic ring is 1. The molecule has 12 heavy (non-hydrogen) atoms. The van der Waals surface area contributed by atoms with Crippen molar-refractivity contribution < 1.29 is 0 Å². The van der Waals surface area contributed by atoms with E-state index in [9.17, 15) is 0 Å². The topological polar surface area (TPSA) is 38.0 Å². The van der Waals surface area contributed by atoms with E-state index >= 15 is 0 Å². The van der Waals surface area contributed by atoms with Crippen molar-refractivity contribution in [1.82, 2.24) is 5.32 Å². The summed E-state index contributed by atoms with van der Waals surface area (Å²) in [6.07, 6.45) is 1.04. The molecule has 0 unspecified atom stereocenters. The van der Waals surface area contributed by atoms with Crippen LogP contribution >= 0.6 is 0 Å². The van der Waals surface area contributed by atoms with Gasteiger partial charge in [-0.3, -0.25) is 0 Å². The molecule has 0 aliphatic carbocycles. The summed E-state index contributed by atoms with van der Waals surface area (Å²) in [7, 11) is 1.95. The summed E-state index contributed by atoms with van der Waals surface area (Å²) in [6.45, 7) is 3.07. The highest BCUT2D eigenvalue weighted by Crippen LogP contribution is 2.13. The first kappa shape index (κ1) is 9.07. The van der Waals surface area contributed by atoms with Gasteiger partial charge in [-0.25, -0.2) is 0 Å². The van der Waals surface area contributed by atoms with E-state index in [1.165, 1.54) is 11.1 Å². The molecule has 0 saturated heterocycles. The van der Waals surface area contributed by atoms with Gasteiger partial charge in [0.05, 0.1) is 0 Å². The third-order valence-electron chi connectivity index (χ3n) is 1.98. The van der Waals surface area contributed by atoms with Crippen LogP contribution in [0.5, 0.6) is 0 Å². The maximum Gasteiger partial charge on any atom is 0.0316 e. The minimum Gasteiger partial charge on any atom is -0.399 e. The minimum atomic E-state index is 0.853. The zero-order valence-corrected chi connectivity index (χ0v) is 7.72. The highest BCUT2D eigenvalue weighted by Gasteiger charge is 1.98. The quantitative estimate of drug-likeness (QED) is 0.665. The number of rotatable bonds is 3. The summed E-state index contributed by atoms with van der Waals surface area (Å²) in [4.78, 5) is 0. The normalized spacial score (nSPS) is 10.2. The van der Waals surface area contributed by atoms with Crippen LogP contribution in [0.2, 0.25) is 0 Å². The average Bonchev–Trinajstić information content (AvgIpc) is 2.08. The van der Waals surface area contributed by atoms with E-state index in [-0.39, 0.29) is 0 Å². The van der Waals surface area contributed by atoms with Crippen LogP contribution < -0.4 is 11.1 Å². The summed E-state index contributed by atoms with van der Waals surface area (Å²) >= 11 is 0. The van der Waals surface area contributed by atoms with E-state index in [4.69, 9.17) is 5.73 Å². The minimum absolute atomic E-state index is 0.853. The van der Waals surface area contributed by atoms with Crippen LogP contribution in [-0.2, 0) is 13.0 Å². The van der Waals surface area contributed by atoms with Crippen LogP contribution in [0.3, 0.4) is 0 Å². The Morgan fingerprint density at radius 1 is 1.33 bits per heavy atom. The Morgan fingerprint density at radius 2 is 2.08 bits per heavy atom. The molecule has 1 aromatic rings. The second-order valence-corrected chi connectivity index (χ2v) is 2.91. The summed E-state index contributed by atoms with van der Waals surface area (Å²) < 4.78 is 0. The van der Waals surface area contributed by atoms with Gasteiger partial charge in [-0.2, -0.15) is 0 Å². The lowest BCUT2D eigenvalue weighted by Gasteiger charge is -2.07. The van der Waals surface area contributed by atoms with E-state index in [2.05, 4.69) is 18.3 Å². The van der Waals surface area contributed by atoms with Crippen LogP contribution in [0.15, 0.2) is 18.2 Å². The number of hydrogen-bond donors (Lipinski definition) is 2. The Morgan fingerprint density at radius 3 is 2.67 bits per heavy atom. The van der Waals surface area contributed by atoms with Crippen molar-refractivity contribution in [3.8, 4) is 0 Å².